The minimum absolute atomic E-state index is 0.130. The lowest BCUT2D eigenvalue weighted by Gasteiger charge is -2.14. The third-order valence-electron chi connectivity index (χ3n) is 2.53. The molecule has 0 aromatic heterocycles. The first-order chi connectivity index (χ1) is 7.40. The smallest absolute Gasteiger partial charge is 0.158 e. The molecule has 1 fully saturated rings. The van der Waals surface area contributed by atoms with Crippen LogP contribution in [0.25, 0.3) is 0 Å². The van der Waals surface area contributed by atoms with Crippen LogP contribution in [-0.2, 0) is 14.3 Å². The fourth-order valence-corrected chi connectivity index (χ4v) is 1.72. The predicted molar refractivity (Wildman–Crippen MR) is 55.6 cm³/mol. The van der Waals surface area contributed by atoms with Gasteiger partial charge in [-0.3, -0.25) is 0 Å². The van der Waals surface area contributed by atoms with Gasteiger partial charge in [-0.2, -0.15) is 0 Å². The van der Waals surface area contributed by atoms with Gasteiger partial charge in [0, 0.05) is 12.3 Å². The van der Waals surface area contributed by atoms with Gasteiger partial charge in [0.1, 0.15) is 6.29 Å². The first-order valence-corrected chi connectivity index (χ1v) is 5.13. The molecule has 3 heteroatoms. The zero-order chi connectivity index (χ0) is 10.5. The van der Waals surface area contributed by atoms with Crippen LogP contribution in [0.5, 0.6) is 0 Å². The first kappa shape index (κ1) is 10.3. The number of benzene rings is 1. The number of carbonyl (C=O) groups is 1. The maximum Gasteiger partial charge on any atom is 0.158 e. The van der Waals surface area contributed by atoms with Gasteiger partial charge >= 0.3 is 0 Å². The molecule has 2 rings (SSSR count). The van der Waals surface area contributed by atoms with Crippen molar-refractivity contribution in [1.82, 2.24) is 0 Å². The lowest BCUT2D eigenvalue weighted by atomic mass is 9.97. The lowest BCUT2D eigenvalue weighted by Crippen LogP contribution is -2.14. The van der Waals surface area contributed by atoms with Crippen molar-refractivity contribution in [2.45, 2.75) is 18.6 Å². The Morgan fingerprint density at radius 2 is 1.93 bits per heavy atom. The molecule has 1 aromatic rings. The molecule has 0 spiro atoms. The summed E-state index contributed by atoms with van der Waals surface area (Å²) >= 11 is 0. The fraction of sp³-hybridized carbons (Fsp3) is 0.417. The minimum atomic E-state index is -0.222. The van der Waals surface area contributed by atoms with E-state index in [1.807, 2.05) is 30.3 Å². The average Bonchev–Trinajstić information content (AvgIpc) is 2.80. The molecule has 1 aliphatic rings. The quantitative estimate of drug-likeness (QED) is 0.704. The summed E-state index contributed by atoms with van der Waals surface area (Å²) < 4.78 is 10.7. The highest BCUT2D eigenvalue weighted by atomic mass is 16.7. The Balaban J connectivity index is 2.01. The van der Waals surface area contributed by atoms with E-state index in [4.69, 9.17) is 9.47 Å². The topological polar surface area (TPSA) is 35.5 Å². The molecule has 0 bridgehead atoms. The molecule has 0 radical (unpaired) electrons. The highest BCUT2D eigenvalue weighted by Crippen LogP contribution is 2.22. The SMILES string of the molecule is O=C[C@@H](CC1OCCO1)c1ccccc1. The van der Waals surface area contributed by atoms with Crippen LogP contribution in [0.2, 0.25) is 0 Å². The summed E-state index contributed by atoms with van der Waals surface area (Å²) in [5.41, 5.74) is 1.02. The Labute approximate surface area is 89.0 Å². The van der Waals surface area contributed by atoms with Crippen LogP contribution in [0, 0.1) is 0 Å². The molecular formula is C12H14O3. The Kier molecular flexibility index (Phi) is 3.48. The lowest BCUT2D eigenvalue weighted by molar-refractivity contribution is -0.112. The molecule has 1 atom stereocenters. The normalized spacial score (nSPS) is 18.9. The standard InChI is InChI=1S/C12H14O3/c13-9-11(8-12-14-6-7-15-12)10-4-2-1-3-5-10/h1-5,9,11-12H,6-8H2/t11-/m1/s1. The molecule has 0 N–H and O–H groups in total. The van der Waals surface area contributed by atoms with Gasteiger partial charge in [0.05, 0.1) is 13.2 Å². The van der Waals surface area contributed by atoms with Crippen molar-refractivity contribution < 1.29 is 14.3 Å². The fourth-order valence-electron chi connectivity index (χ4n) is 1.72. The van der Waals surface area contributed by atoms with Crippen LogP contribution in [0.3, 0.4) is 0 Å². The van der Waals surface area contributed by atoms with E-state index in [-0.39, 0.29) is 12.2 Å². The summed E-state index contributed by atoms with van der Waals surface area (Å²) in [6.07, 6.45) is 1.34. The number of aldehydes is 1. The maximum absolute atomic E-state index is 11.0. The van der Waals surface area contributed by atoms with Crippen LogP contribution in [0.15, 0.2) is 30.3 Å². The minimum Gasteiger partial charge on any atom is -0.350 e. The molecule has 0 amide bonds. The van der Waals surface area contributed by atoms with Gasteiger partial charge in [0.25, 0.3) is 0 Å². The van der Waals surface area contributed by atoms with E-state index in [0.29, 0.717) is 19.6 Å². The van der Waals surface area contributed by atoms with Gasteiger partial charge in [-0.15, -0.1) is 0 Å². The van der Waals surface area contributed by atoms with Crippen LogP contribution >= 0.6 is 0 Å². The second-order valence-electron chi connectivity index (χ2n) is 3.56. The Morgan fingerprint density at radius 1 is 1.27 bits per heavy atom. The number of hydrogen-bond acceptors (Lipinski definition) is 3. The molecule has 0 saturated carbocycles. The summed E-state index contributed by atoms with van der Waals surface area (Å²) in [5, 5.41) is 0. The molecule has 0 unspecified atom stereocenters. The average molecular weight is 206 g/mol. The molecule has 3 nitrogen and oxygen atoms in total. The van der Waals surface area contributed by atoms with Crippen LogP contribution in [0.1, 0.15) is 17.9 Å². The van der Waals surface area contributed by atoms with Crippen molar-refractivity contribution in [3.05, 3.63) is 35.9 Å². The monoisotopic (exact) mass is 206 g/mol. The number of rotatable bonds is 4. The number of hydrogen-bond donors (Lipinski definition) is 0. The van der Waals surface area contributed by atoms with Crippen LogP contribution < -0.4 is 0 Å². The second kappa shape index (κ2) is 5.05. The highest BCUT2D eigenvalue weighted by Gasteiger charge is 2.21. The van der Waals surface area contributed by atoms with Gasteiger partial charge in [0.15, 0.2) is 6.29 Å². The van der Waals surface area contributed by atoms with E-state index < -0.39 is 0 Å². The first-order valence-electron chi connectivity index (χ1n) is 5.13. The van der Waals surface area contributed by atoms with Crippen molar-refractivity contribution in [2.24, 2.45) is 0 Å². The van der Waals surface area contributed by atoms with E-state index in [1.54, 1.807) is 0 Å². The molecule has 1 aliphatic heterocycles. The zero-order valence-corrected chi connectivity index (χ0v) is 8.46. The van der Waals surface area contributed by atoms with E-state index >= 15 is 0 Å². The molecule has 15 heavy (non-hydrogen) atoms. The van der Waals surface area contributed by atoms with Crippen LogP contribution in [0.4, 0.5) is 0 Å². The van der Waals surface area contributed by atoms with Gasteiger partial charge < -0.3 is 14.3 Å². The van der Waals surface area contributed by atoms with Crippen molar-refractivity contribution in [2.75, 3.05) is 13.2 Å². The molecule has 80 valence electrons. The predicted octanol–water partition coefficient (Wildman–Crippen LogP) is 1.73. The molecule has 1 aromatic carbocycles. The Hall–Kier alpha value is -1.19. The molecule has 1 saturated heterocycles. The summed E-state index contributed by atoms with van der Waals surface area (Å²) in [6.45, 7) is 1.26. The van der Waals surface area contributed by atoms with Gasteiger partial charge in [-0.1, -0.05) is 30.3 Å². The van der Waals surface area contributed by atoms with Gasteiger partial charge in [0.2, 0.25) is 0 Å². The molecular weight excluding hydrogens is 192 g/mol. The highest BCUT2D eigenvalue weighted by molar-refractivity contribution is 5.62. The Bertz CT molecular complexity index is 304. The largest absolute Gasteiger partial charge is 0.350 e. The molecule has 1 heterocycles. The summed E-state index contributed by atoms with van der Waals surface area (Å²) in [7, 11) is 0. The third kappa shape index (κ3) is 2.64. The van der Waals surface area contributed by atoms with Crippen molar-refractivity contribution >= 4 is 6.29 Å². The van der Waals surface area contributed by atoms with Gasteiger partial charge in [-0.25, -0.2) is 0 Å². The van der Waals surface area contributed by atoms with E-state index in [2.05, 4.69) is 0 Å². The Morgan fingerprint density at radius 3 is 2.53 bits per heavy atom. The summed E-state index contributed by atoms with van der Waals surface area (Å²) in [4.78, 5) is 11.0. The van der Waals surface area contributed by atoms with Crippen molar-refractivity contribution in [3.8, 4) is 0 Å². The van der Waals surface area contributed by atoms with Gasteiger partial charge in [-0.05, 0) is 5.56 Å². The zero-order valence-electron chi connectivity index (χ0n) is 8.46. The van der Waals surface area contributed by atoms with Crippen LogP contribution in [-0.4, -0.2) is 25.8 Å². The number of ether oxygens (including phenoxy) is 2. The third-order valence-corrected chi connectivity index (χ3v) is 2.53. The number of carbonyl (C=O) groups excluding carboxylic acids is 1. The molecule has 0 aliphatic carbocycles. The summed E-state index contributed by atoms with van der Waals surface area (Å²) in [6, 6.07) is 9.71. The summed E-state index contributed by atoms with van der Waals surface area (Å²) in [5.74, 6) is -0.130. The maximum atomic E-state index is 11.0. The second-order valence-corrected chi connectivity index (χ2v) is 3.56. The van der Waals surface area contributed by atoms with E-state index in [1.165, 1.54) is 0 Å². The van der Waals surface area contributed by atoms with Crippen molar-refractivity contribution in [3.63, 3.8) is 0 Å². The van der Waals surface area contributed by atoms with E-state index in [9.17, 15) is 4.79 Å². The van der Waals surface area contributed by atoms with Crippen molar-refractivity contribution in [1.29, 1.82) is 0 Å². The van der Waals surface area contributed by atoms with E-state index in [0.717, 1.165) is 11.8 Å².